The minimum Gasteiger partial charge on any atom is -0.404 e. The molecule has 0 radical (unpaired) electrons. The van der Waals surface area contributed by atoms with Crippen molar-refractivity contribution in [2.75, 3.05) is 13.2 Å². The number of benzene rings is 3. The van der Waals surface area contributed by atoms with Gasteiger partial charge in [0.2, 0.25) is 0 Å². The van der Waals surface area contributed by atoms with Crippen molar-refractivity contribution in [3.63, 3.8) is 0 Å². The molecule has 156 valence electrons. The van der Waals surface area contributed by atoms with Crippen LogP contribution < -0.4 is 10.4 Å². The SMILES string of the molecule is CC(C)(C)[Si](OC/C=C/COCc1ccccc1)(c1ccccc1)c1ccccc1. The summed E-state index contributed by atoms with van der Waals surface area (Å²) in [6, 6.07) is 31.7. The van der Waals surface area contributed by atoms with Crippen LogP contribution in [-0.4, -0.2) is 21.5 Å². The van der Waals surface area contributed by atoms with Crippen molar-refractivity contribution in [3.8, 4) is 0 Å². The van der Waals surface area contributed by atoms with Crippen LogP contribution in [0.15, 0.2) is 103 Å². The van der Waals surface area contributed by atoms with Gasteiger partial charge in [-0.1, -0.05) is 124 Å². The Morgan fingerprint density at radius 2 is 1.13 bits per heavy atom. The maximum absolute atomic E-state index is 6.83. The molecule has 3 aromatic rings. The van der Waals surface area contributed by atoms with E-state index in [9.17, 15) is 0 Å². The molecule has 3 aromatic carbocycles. The Bertz CT molecular complexity index is 860. The summed E-state index contributed by atoms with van der Waals surface area (Å²) in [6.45, 7) is 8.67. The predicted octanol–water partition coefficient (Wildman–Crippen LogP) is 5.34. The Kier molecular flexibility index (Phi) is 7.80. The lowest BCUT2D eigenvalue weighted by molar-refractivity contribution is 0.148. The van der Waals surface area contributed by atoms with E-state index in [1.165, 1.54) is 15.9 Å². The van der Waals surface area contributed by atoms with Crippen LogP contribution in [0.25, 0.3) is 0 Å². The zero-order valence-corrected chi connectivity index (χ0v) is 19.3. The maximum Gasteiger partial charge on any atom is 0.261 e. The molecule has 0 amide bonds. The lowest BCUT2D eigenvalue weighted by Gasteiger charge is -2.42. The highest BCUT2D eigenvalue weighted by atomic mass is 28.4. The van der Waals surface area contributed by atoms with Gasteiger partial charge in [-0.2, -0.15) is 0 Å². The van der Waals surface area contributed by atoms with E-state index < -0.39 is 8.32 Å². The Morgan fingerprint density at radius 1 is 0.667 bits per heavy atom. The van der Waals surface area contributed by atoms with Gasteiger partial charge in [0.15, 0.2) is 0 Å². The first-order valence-corrected chi connectivity index (χ1v) is 12.5. The minimum atomic E-state index is -2.46. The van der Waals surface area contributed by atoms with E-state index in [0.717, 1.165) is 0 Å². The summed E-state index contributed by atoms with van der Waals surface area (Å²) in [5, 5.41) is 2.60. The second kappa shape index (κ2) is 10.5. The smallest absolute Gasteiger partial charge is 0.261 e. The summed E-state index contributed by atoms with van der Waals surface area (Å²) < 4.78 is 12.6. The highest BCUT2D eigenvalue weighted by Gasteiger charge is 2.49. The Hall–Kier alpha value is -2.46. The Balaban J connectivity index is 1.72. The van der Waals surface area contributed by atoms with Crippen LogP contribution >= 0.6 is 0 Å². The van der Waals surface area contributed by atoms with Gasteiger partial charge in [0.25, 0.3) is 8.32 Å². The van der Waals surface area contributed by atoms with Gasteiger partial charge < -0.3 is 9.16 Å². The third-order valence-corrected chi connectivity index (χ3v) is 10.3. The van der Waals surface area contributed by atoms with E-state index in [-0.39, 0.29) is 5.04 Å². The van der Waals surface area contributed by atoms with Crippen LogP contribution in [0.5, 0.6) is 0 Å². The van der Waals surface area contributed by atoms with Crippen LogP contribution in [0.1, 0.15) is 26.3 Å². The van der Waals surface area contributed by atoms with E-state index in [4.69, 9.17) is 9.16 Å². The zero-order valence-electron chi connectivity index (χ0n) is 18.3. The van der Waals surface area contributed by atoms with Gasteiger partial charge in [0.05, 0.1) is 19.8 Å². The average Bonchev–Trinajstić information content (AvgIpc) is 2.77. The average molecular weight is 417 g/mol. The molecule has 0 aromatic heterocycles. The standard InChI is InChI=1S/C27H32O2Si/c1-27(2,3)30(25-17-9-5-10-18-25,26-19-11-6-12-20-26)29-22-14-13-21-28-23-24-15-7-4-8-16-24/h4-20H,21-23H2,1-3H3/b14-13+. The fourth-order valence-corrected chi connectivity index (χ4v) is 8.39. The summed E-state index contributed by atoms with van der Waals surface area (Å²) >= 11 is 0. The molecule has 0 fully saturated rings. The van der Waals surface area contributed by atoms with E-state index >= 15 is 0 Å². The molecule has 0 saturated carbocycles. The van der Waals surface area contributed by atoms with Gasteiger partial charge >= 0.3 is 0 Å². The maximum atomic E-state index is 6.83. The molecule has 30 heavy (non-hydrogen) atoms. The molecule has 0 saturated heterocycles. The molecule has 3 heteroatoms. The molecule has 0 aliphatic rings. The van der Waals surface area contributed by atoms with Crippen LogP contribution in [0.3, 0.4) is 0 Å². The van der Waals surface area contributed by atoms with Crippen molar-refractivity contribution < 1.29 is 9.16 Å². The van der Waals surface area contributed by atoms with Crippen molar-refractivity contribution in [1.29, 1.82) is 0 Å². The topological polar surface area (TPSA) is 18.5 Å². The first-order valence-electron chi connectivity index (χ1n) is 10.6. The molecule has 3 rings (SSSR count). The molecule has 2 nitrogen and oxygen atoms in total. The van der Waals surface area contributed by atoms with Crippen LogP contribution in [-0.2, 0) is 15.8 Å². The second-order valence-electron chi connectivity index (χ2n) is 8.45. The predicted molar refractivity (Wildman–Crippen MR) is 129 cm³/mol. The van der Waals surface area contributed by atoms with Crippen molar-refractivity contribution in [2.24, 2.45) is 0 Å². The largest absolute Gasteiger partial charge is 0.404 e. The number of rotatable bonds is 9. The molecule has 0 heterocycles. The minimum absolute atomic E-state index is 0.00659. The molecule has 0 N–H and O–H groups in total. The van der Waals surface area contributed by atoms with Gasteiger partial charge in [0, 0.05) is 0 Å². The summed E-state index contributed by atoms with van der Waals surface area (Å²) in [4.78, 5) is 0. The summed E-state index contributed by atoms with van der Waals surface area (Å²) in [7, 11) is -2.46. The molecule has 0 aliphatic heterocycles. The van der Waals surface area contributed by atoms with Gasteiger partial charge in [-0.3, -0.25) is 0 Å². The summed E-state index contributed by atoms with van der Waals surface area (Å²) in [5.74, 6) is 0. The van der Waals surface area contributed by atoms with Gasteiger partial charge in [0.1, 0.15) is 0 Å². The summed E-state index contributed by atoms with van der Waals surface area (Å²) in [6.07, 6.45) is 4.14. The van der Waals surface area contributed by atoms with Crippen LogP contribution in [0.4, 0.5) is 0 Å². The van der Waals surface area contributed by atoms with Crippen molar-refractivity contribution in [2.45, 2.75) is 32.4 Å². The molecular formula is C27H32O2Si. The highest BCUT2D eigenvalue weighted by molar-refractivity contribution is 6.99. The van der Waals surface area contributed by atoms with E-state index in [0.29, 0.717) is 19.8 Å². The van der Waals surface area contributed by atoms with Crippen molar-refractivity contribution in [1.82, 2.24) is 0 Å². The lowest BCUT2D eigenvalue weighted by Crippen LogP contribution is -2.66. The monoisotopic (exact) mass is 416 g/mol. The molecule has 0 unspecified atom stereocenters. The Labute approximate surface area is 182 Å². The van der Waals surface area contributed by atoms with Crippen molar-refractivity contribution >= 4 is 18.7 Å². The first kappa shape index (κ1) is 22.2. The number of hydrogen-bond donors (Lipinski definition) is 0. The van der Waals surface area contributed by atoms with E-state index in [2.05, 4.69) is 106 Å². The molecule has 0 bridgehead atoms. The molecular weight excluding hydrogens is 384 g/mol. The number of ether oxygens (including phenoxy) is 1. The number of hydrogen-bond acceptors (Lipinski definition) is 2. The quantitative estimate of drug-likeness (QED) is 0.266. The first-order chi connectivity index (χ1) is 14.5. The van der Waals surface area contributed by atoms with Crippen molar-refractivity contribution in [3.05, 3.63) is 109 Å². The molecule has 0 aliphatic carbocycles. The van der Waals surface area contributed by atoms with Gasteiger partial charge in [-0.25, -0.2) is 0 Å². The van der Waals surface area contributed by atoms with Gasteiger partial charge in [-0.05, 0) is 21.0 Å². The zero-order chi connectivity index (χ0) is 21.3. The normalized spacial score (nSPS) is 12.4. The Morgan fingerprint density at radius 3 is 1.63 bits per heavy atom. The van der Waals surface area contributed by atoms with E-state index in [1.54, 1.807) is 0 Å². The van der Waals surface area contributed by atoms with Gasteiger partial charge in [-0.15, -0.1) is 0 Å². The highest BCUT2D eigenvalue weighted by Crippen LogP contribution is 2.36. The van der Waals surface area contributed by atoms with Crippen LogP contribution in [0.2, 0.25) is 5.04 Å². The van der Waals surface area contributed by atoms with Crippen LogP contribution in [0, 0.1) is 0 Å². The third kappa shape index (κ3) is 5.36. The lowest BCUT2D eigenvalue weighted by atomic mass is 10.2. The second-order valence-corrected chi connectivity index (χ2v) is 12.8. The fourth-order valence-electron chi connectivity index (χ4n) is 3.89. The fraction of sp³-hybridized carbons (Fsp3) is 0.259. The summed E-state index contributed by atoms with van der Waals surface area (Å²) in [5.41, 5.74) is 1.19. The molecule has 0 spiro atoms. The van der Waals surface area contributed by atoms with E-state index in [1.807, 2.05) is 18.2 Å². The molecule has 0 atom stereocenters. The third-order valence-electron chi connectivity index (χ3n) is 5.31.